The molecule has 0 radical (unpaired) electrons. The monoisotopic (exact) mass is 893 g/mol. The molecular formula is C49H63N7O7S. The number of pyridine rings is 1. The molecule has 2 aliphatic carbocycles. The first kappa shape index (κ1) is 43.6. The maximum atomic E-state index is 14.7. The van der Waals surface area contributed by atoms with Gasteiger partial charge in [-0.05, 0) is 99.7 Å². The first-order valence-corrected chi connectivity index (χ1v) is 24.4. The minimum absolute atomic E-state index is 0.108. The van der Waals surface area contributed by atoms with Crippen molar-refractivity contribution in [3.63, 3.8) is 0 Å². The Morgan fingerprint density at radius 1 is 1.05 bits per heavy atom. The van der Waals surface area contributed by atoms with Gasteiger partial charge in [-0.1, -0.05) is 33.8 Å². The molecule has 1 aromatic carbocycles. The van der Waals surface area contributed by atoms with Crippen LogP contribution in [0.1, 0.15) is 113 Å². The topological polar surface area (TPSA) is 149 Å². The maximum Gasteiger partial charge on any atom is 0.324 e. The number of likely N-dealkylation sites (tertiary alicyclic amines) is 1. The zero-order chi connectivity index (χ0) is 44.6. The van der Waals surface area contributed by atoms with E-state index in [9.17, 15) is 14.4 Å². The molecule has 7 heterocycles. The lowest BCUT2D eigenvalue weighted by Gasteiger charge is -2.43. The third-order valence-electron chi connectivity index (χ3n) is 15.5. The van der Waals surface area contributed by atoms with Gasteiger partial charge in [-0.2, -0.15) is 0 Å². The molecule has 1 saturated carbocycles. The minimum atomic E-state index is -1.07. The van der Waals surface area contributed by atoms with Crippen LogP contribution >= 0.6 is 11.3 Å². The number of benzene rings is 1. The Hall–Kier alpha value is -4.25. The van der Waals surface area contributed by atoms with Crippen LogP contribution in [0.2, 0.25) is 0 Å². The van der Waals surface area contributed by atoms with Crippen molar-refractivity contribution in [3.8, 4) is 22.5 Å². The van der Waals surface area contributed by atoms with Gasteiger partial charge in [0, 0.05) is 77.7 Å². The number of aryl methyl sites for hydroxylation is 1. The number of fused-ring (bicyclic) bond motifs is 8. The van der Waals surface area contributed by atoms with Gasteiger partial charge in [0.1, 0.15) is 29.3 Å². The lowest BCUT2D eigenvalue weighted by atomic mass is 9.67. The van der Waals surface area contributed by atoms with E-state index in [0.29, 0.717) is 43.0 Å². The molecule has 2 amide bonds. The predicted molar refractivity (Wildman–Crippen MR) is 243 cm³/mol. The number of hydrazine groups is 1. The molecule has 14 nitrogen and oxygen atoms in total. The molecule has 4 aromatic rings. The van der Waals surface area contributed by atoms with E-state index in [2.05, 4.69) is 85.3 Å². The zero-order valence-electron chi connectivity index (χ0n) is 38.2. The molecular weight excluding hydrogens is 831 g/mol. The molecule has 3 aromatic heterocycles. The van der Waals surface area contributed by atoms with E-state index < -0.39 is 35.7 Å². The number of nitrogens with zero attached hydrogens (tertiary/aromatic N) is 5. The van der Waals surface area contributed by atoms with Gasteiger partial charge in [-0.3, -0.25) is 29.3 Å². The quantitative estimate of drug-likeness (QED) is 0.181. The Morgan fingerprint density at radius 2 is 1.83 bits per heavy atom. The van der Waals surface area contributed by atoms with E-state index >= 15 is 0 Å². The highest BCUT2D eigenvalue weighted by atomic mass is 32.1. The van der Waals surface area contributed by atoms with Gasteiger partial charge in [0.2, 0.25) is 5.91 Å². The molecule has 6 aliphatic rings. The molecule has 4 aliphatic heterocycles. The van der Waals surface area contributed by atoms with Crippen molar-refractivity contribution in [2.24, 2.45) is 23.2 Å². The Kier molecular flexibility index (Phi) is 11.7. The van der Waals surface area contributed by atoms with E-state index in [1.807, 2.05) is 12.3 Å². The first-order chi connectivity index (χ1) is 30.9. The van der Waals surface area contributed by atoms with Gasteiger partial charge in [0.25, 0.3) is 5.91 Å². The number of nitrogens with one attached hydrogen (secondary N) is 2. The van der Waals surface area contributed by atoms with E-state index in [-0.39, 0.29) is 42.1 Å². The van der Waals surface area contributed by atoms with Crippen LogP contribution in [0.5, 0.6) is 0 Å². The number of thiazole rings is 1. The molecule has 6 bridgehead atoms. The Balaban J connectivity index is 1.11. The van der Waals surface area contributed by atoms with Gasteiger partial charge in [-0.15, -0.1) is 11.3 Å². The van der Waals surface area contributed by atoms with Gasteiger partial charge < -0.3 is 28.8 Å². The second kappa shape index (κ2) is 17.2. The summed E-state index contributed by atoms with van der Waals surface area (Å²) in [7, 11) is 1.76. The predicted octanol–water partition coefficient (Wildman–Crippen LogP) is 6.75. The van der Waals surface area contributed by atoms with E-state index in [1.165, 1.54) is 21.9 Å². The maximum absolute atomic E-state index is 14.7. The molecule has 3 saturated heterocycles. The molecule has 15 heteroatoms. The number of aromatic nitrogens is 3. The molecule has 64 heavy (non-hydrogen) atoms. The van der Waals surface area contributed by atoms with Gasteiger partial charge in [0.05, 0.1) is 42.9 Å². The number of amides is 2. The smallest absolute Gasteiger partial charge is 0.324 e. The fourth-order valence-corrected chi connectivity index (χ4v) is 12.3. The van der Waals surface area contributed by atoms with Gasteiger partial charge in [0.15, 0.2) is 0 Å². The number of hydrogen-bond acceptors (Lipinski definition) is 12. The molecule has 342 valence electrons. The van der Waals surface area contributed by atoms with Crippen molar-refractivity contribution in [1.29, 1.82) is 0 Å². The Morgan fingerprint density at radius 3 is 2.52 bits per heavy atom. The SMILES string of the molecule is CCO[C@@H]1c2nc(cs2)-c2ccc3c(c2)c2c(n3CC)-c3cc(C4CCN(C5COC5)CC4)cnc3[C@@H](OC)C2C(C)(C)COC(=O)[C@@H]2CCCN(N2)C(=O)[C@H]1NC(=O)C1[C@@H](C)[C@H]1C. The van der Waals surface area contributed by atoms with Crippen LogP contribution < -0.4 is 10.7 Å². The second-order valence-electron chi connectivity index (χ2n) is 19.7. The lowest BCUT2D eigenvalue weighted by Crippen LogP contribution is -2.61. The van der Waals surface area contributed by atoms with Crippen LogP contribution in [-0.4, -0.2) is 114 Å². The number of methoxy groups -OCH3 is 1. The fourth-order valence-electron chi connectivity index (χ4n) is 11.4. The minimum Gasteiger partial charge on any atom is -0.464 e. The number of piperidine rings is 1. The molecule has 0 spiro atoms. The lowest BCUT2D eigenvalue weighted by molar-refractivity contribution is -0.157. The highest BCUT2D eigenvalue weighted by Crippen LogP contribution is 2.57. The van der Waals surface area contributed by atoms with Crippen molar-refractivity contribution in [1.82, 2.24) is 35.2 Å². The largest absolute Gasteiger partial charge is 0.464 e. The number of rotatable bonds is 8. The van der Waals surface area contributed by atoms with Crippen LogP contribution in [0, 0.1) is 23.2 Å². The van der Waals surface area contributed by atoms with Crippen molar-refractivity contribution in [2.75, 3.05) is 53.2 Å². The van der Waals surface area contributed by atoms with Gasteiger partial charge >= 0.3 is 5.97 Å². The summed E-state index contributed by atoms with van der Waals surface area (Å²) >= 11 is 1.42. The first-order valence-electron chi connectivity index (χ1n) is 23.5. The zero-order valence-corrected chi connectivity index (χ0v) is 39.0. The van der Waals surface area contributed by atoms with E-state index in [1.54, 1.807) is 7.11 Å². The highest BCUT2D eigenvalue weighted by Gasteiger charge is 2.51. The number of carbonyl (C=O) groups excluding carboxylic acids is 3. The number of cyclic esters (lactones) is 1. The summed E-state index contributed by atoms with van der Waals surface area (Å²) < 4.78 is 27.2. The molecule has 2 N–H and O–H groups in total. The third kappa shape index (κ3) is 7.47. The van der Waals surface area contributed by atoms with Gasteiger partial charge in [-0.25, -0.2) is 10.4 Å². The molecule has 10 rings (SSSR count). The molecule has 4 fully saturated rings. The standard InChI is InChI=1S/C49H63N7O7S/c1-8-55-36-13-12-29-19-32(36)38-39(43(60-7)40-33(42(38)55)20-30(21-50-40)28-14-17-54(18-15-28)31-22-61-23-31)49(5,6)25-63-48(59)34-11-10-16-56(53-34)47(58)41(52-45(57)37-26(3)27(37)4)44(62-9-2)46-51-35(29)24-64-46/h12-13,19-21,24,26-28,31,34,37,39,41,43-44,53H,8-11,14-18,22-23,25H2,1-7H3,(H,52,57)/t26-,27+,34-,37?,39?,41-,43-,44-/m0/s1. The Bertz CT molecular complexity index is 2430. The normalized spacial score (nSPS) is 29.8. The van der Waals surface area contributed by atoms with Crippen LogP contribution in [0.4, 0.5) is 0 Å². The summed E-state index contributed by atoms with van der Waals surface area (Å²) in [6.45, 7) is 17.8. The van der Waals surface area contributed by atoms with Crippen molar-refractivity contribution >= 4 is 40.0 Å². The number of ether oxygens (including phenoxy) is 4. The van der Waals surface area contributed by atoms with Crippen molar-refractivity contribution in [2.45, 2.75) is 116 Å². The molecule has 8 atom stereocenters. The van der Waals surface area contributed by atoms with Crippen molar-refractivity contribution < 1.29 is 33.3 Å². The average molecular weight is 894 g/mol. The summed E-state index contributed by atoms with van der Waals surface area (Å²) in [5, 5.41) is 8.27. The van der Waals surface area contributed by atoms with Crippen molar-refractivity contribution in [3.05, 3.63) is 57.7 Å². The summed E-state index contributed by atoms with van der Waals surface area (Å²) in [4.78, 5) is 55.7. The summed E-state index contributed by atoms with van der Waals surface area (Å²) in [6.07, 6.45) is 4.01. The average Bonchev–Trinajstić information content (AvgIpc) is 3.57. The van der Waals surface area contributed by atoms with E-state index in [0.717, 1.165) is 90.4 Å². The fraction of sp³-hybridized carbons (Fsp3) is 0.612. The highest BCUT2D eigenvalue weighted by molar-refractivity contribution is 7.10. The summed E-state index contributed by atoms with van der Waals surface area (Å²) in [5.74, 6) is -0.595. The number of hydrogen-bond donors (Lipinski definition) is 2. The summed E-state index contributed by atoms with van der Waals surface area (Å²) in [5.41, 5.74) is 10.9. The second-order valence-corrected chi connectivity index (χ2v) is 20.6. The third-order valence-corrected chi connectivity index (χ3v) is 16.4. The number of esters is 1. The van der Waals surface area contributed by atoms with Crippen LogP contribution in [0.3, 0.4) is 0 Å². The van der Waals surface area contributed by atoms with Crippen LogP contribution in [0.15, 0.2) is 35.8 Å². The van der Waals surface area contributed by atoms with Crippen LogP contribution in [-0.2, 0) is 39.9 Å². The number of carbonyl (C=O) groups is 3. The van der Waals surface area contributed by atoms with Crippen LogP contribution in [0.25, 0.3) is 33.4 Å². The Labute approximate surface area is 379 Å². The van der Waals surface area contributed by atoms with E-state index in [4.69, 9.17) is 28.9 Å². The summed E-state index contributed by atoms with van der Waals surface area (Å²) in [6, 6.07) is 7.64. The molecule has 2 unspecified atom stereocenters.